The standard InChI is InChI=1S/C19H21NO5/c1-22-14-6-5-11(7-15(14)23-2)18-19(21)13-9-17(25-4)16(24-3)8-12(13)10-20-18/h5-10,18-19,21H,1-4H3/t18-,19+/m1/s1. The van der Waals surface area contributed by atoms with Gasteiger partial charge in [0.25, 0.3) is 0 Å². The summed E-state index contributed by atoms with van der Waals surface area (Å²) >= 11 is 0. The van der Waals surface area contributed by atoms with Gasteiger partial charge in [0.05, 0.1) is 28.4 Å². The molecular formula is C19H21NO5. The van der Waals surface area contributed by atoms with Crippen molar-refractivity contribution in [1.82, 2.24) is 0 Å². The maximum absolute atomic E-state index is 10.9. The average Bonchev–Trinajstić information content (AvgIpc) is 2.66. The van der Waals surface area contributed by atoms with Gasteiger partial charge in [0.2, 0.25) is 0 Å². The Kier molecular flexibility index (Phi) is 4.81. The van der Waals surface area contributed by atoms with E-state index in [9.17, 15) is 5.11 Å². The van der Waals surface area contributed by atoms with Crippen LogP contribution in [-0.2, 0) is 0 Å². The molecule has 0 amide bonds. The molecule has 0 aliphatic carbocycles. The molecule has 1 heterocycles. The van der Waals surface area contributed by atoms with Gasteiger partial charge in [-0.15, -0.1) is 0 Å². The van der Waals surface area contributed by atoms with Gasteiger partial charge >= 0.3 is 0 Å². The van der Waals surface area contributed by atoms with E-state index in [1.165, 1.54) is 0 Å². The molecule has 6 heteroatoms. The zero-order valence-electron chi connectivity index (χ0n) is 14.6. The van der Waals surface area contributed by atoms with Crippen molar-refractivity contribution in [3.63, 3.8) is 0 Å². The van der Waals surface area contributed by atoms with E-state index in [1.807, 2.05) is 18.2 Å². The van der Waals surface area contributed by atoms with Crippen molar-refractivity contribution >= 4 is 6.21 Å². The number of aliphatic imine (C=N–C) groups is 1. The minimum absolute atomic E-state index is 0.439. The molecule has 2 aromatic carbocycles. The summed E-state index contributed by atoms with van der Waals surface area (Å²) in [6.45, 7) is 0. The first-order valence-electron chi connectivity index (χ1n) is 7.82. The van der Waals surface area contributed by atoms with Crippen LogP contribution in [0.5, 0.6) is 23.0 Å². The summed E-state index contributed by atoms with van der Waals surface area (Å²) in [5.74, 6) is 2.40. The fourth-order valence-electron chi connectivity index (χ4n) is 3.00. The molecule has 1 aliphatic rings. The normalized spacial score (nSPS) is 18.4. The first kappa shape index (κ1) is 17.1. The Labute approximate surface area is 146 Å². The zero-order chi connectivity index (χ0) is 18.0. The van der Waals surface area contributed by atoms with Crippen molar-refractivity contribution in [1.29, 1.82) is 0 Å². The highest BCUT2D eigenvalue weighted by Crippen LogP contribution is 2.42. The third-order valence-corrected chi connectivity index (χ3v) is 4.33. The van der Waals surface area contributed by atoms with Crippen LogP contribution in [0.15, 0.2) is 35.3 Å². The number of fused-ring (bicyclic) bond motifs is 1. The number of methoxy groups -OCH3 is 4. The molecule has 0 radical (unpaired) electrons. The lowest BCUT2D eigenvalue weighted by atomic mass is 9.90. The highest BCUT2D eigenvalue weighted by atomic mass is 16.5. The molecule has 6 nitrogen and oxygen atoms in total. The minimum Gasteiger partial charge on any atom is -0.493 e. The molecule has 0 unspecified atom stereocenters. The van der Waals surface area contributed by atoms with Gasteiger partial charge in [0.1, 0.15) is 12.1 Å². The number of hydrogen-bond acceptors (Lipinski definition) is 6. The first-order valence-corrected chi connectivity index (χ1v) is 7.82. The number of rotatable bonds is 5. The third kappa shape index (κ3) is 3.00. The SMILES string of the molecule is COc1ccc([C@H]2N=Cc3cc(OC)c(OC)cc3[C@@H]2O)cc1OC. The fourth-order valence-corrected chi connectivity index (χ4v) is 3.00. The largest absolute Gasteiger partial charge is 0.493 e. The molecule has 0 spiro atoms. The number of ether oxygens (including phenoxy) is 4. The van der Waals surface area contributed by atoms with Crippen LogP contribution in [0.25, 0.3) is 0 Å². The van der Waals surface area contributed by atoms with E-state index < -0.39 is 12.1 Å². The second kappa shape index (κ2) is 7.03. The van der Waals surface area contributed by atoms with Crippen LogP contribution in [-0.4, -0.2) is 39.8 Å². The number of nitrogens with zero attached hydrogens (tertiary/aromatic N) is 1. The number of benzene rings is 2. The van der Waals surface area contributed by atoms with Gasteiger partial charge in [-0.05, 0) is 35.4 Å². The van der Waals surface area contributed by atoms with Crippen molar-refractivity contribution in [2.24, 2.45) is 4.99 Å². The summed E-state index contributed by atoms with van der Waals surface area (Å²) in [4.78, 5) is 4.52. The van der Waals surface area contributed by atoms with E-state index >= 15 is 0 Å². The highest BCUT2D eigenvalue weighted by Gasteiger charge is 2.29. The quantitative estimate of drug-likeness (QED) is 0.904. The van der Waals surface area contributed by atoms with E-state index in [2.05, 4.69) is 4.99 Å². The average molecular weight is 343 g/mol. The Morgan fingerprint density at radius 3 is 2.04 bits per heavy atom. The van der Waals surface area contributed by atoms with Crippen LogP contribution >= 0.6 is 0 Å². The molecule has 25 heavy (non-hydrogen) atoms. The molecule has 0 fully saturated rings. The highest BCUT2D eigenvalue weighted by molar-refractivity contribution is 5.85. The second-order valence-electron chi connectivity index (χ2n) is 5.62. The summed E-state index contributed by atoms with van der Waals surface area (Å²) < 4.78 is 21.3. The Morgan fingerprint density at radius 1 is 0.800 bits per heavy atom. The number of hydrogen-bond donors (Lipinski definition) is 1. The van der Waals surface area contributed by atoms with Gasteiger partial charge in [-0.1, -0.05) is 6.07 Å². The van der Waals surface area contributed by atoms with Gasteiger partial charge in [0, 0.05) is 11.8 Å². The Balaban J connectivity index is 2.01. The minimum atomic E-state index is -0.807. The summed E-state index contributed by atoms with van der Waals surface area (Å²) in [5.41, 5.74) is 2.39. The van der Waals surface area contributed by atoms with Crippen molar-refractivity contribution < 1.29 is 24.1 Å². The second-order valence-corrected chi connectivity index (χ2v) is 5.62. The van der Waals surface area contributed by atoms with Crippen LogP contribution < -0.4 is 18.9 Å². The van der Waals surface area contributed by atoms with Crippen molar-refractivity contribution in [2.45, 2.75) is 12.1 Å². The molecule has 132 valence electrons. The van der Waals surface area contributed by atoms with Crippen LogP contribution in [0.3, 0.4) is 0 Å². The lowest BCUT2D eigenvalue weighted by molar-refractivity contribution is 0.145. The lowest BCUT2D eigenvalue weighted by Gasteiger charge is -2.27. The molecule has 1 aliphatic heterocycles. The maximum atomic E-state index is 10.9. The predicted octanol–water partition coefficient (Wildman–Crippen LogP) is 2.93. The maximum Gasteiger partial charge on any atom is 0.161 e. The molecule has 3 rings (SSSR count). The van der Waals surface area contributed by atoms with Crippen LogP contribution in [0.4, 0.5) is 0 Å². The van der Waals surface area contributed by atoms with Crippen molar-refractivity contribution in [3.05, 3.63) is 47.0 Å². The fraction of sp³-hybridized carbons (Fsp3) is 0.316. The number of aliphatic hydroxyl groups is 1. The van der Waals surface area contributed by atoms with E-state index in [0.717, 1.165) is 16.7 Å². The molecule has 2 aromatic rings. The summed E-state index contributed by atoms with van der Waals surface area (Å²) in [6.07, 6.45) is 0.934. The number of aliphatic hydroxyl groups excluding tert-OH is 1. The van der Waals surface area contributed by atoms with Crippen molar-refractivity contribution in [2.75, 3.05) is 28.4 Å². The molecule has 0 bridgehead atoms. The zero-order valence-corrected chi connectivity index (χ0v) is 14.6. The molecule has 1 N–H and O–H groups in total. The monoisotopic (exact) mass is 343 g/mol. The third-order valence-electron chi connectivity index (χ3n) is 4.33. The molecule has 0 aromatic heterocycles. The van der Waals surface area contributed by atoms with Crippen LogP contribution in [0.2, 0.25) is 0 Å². The molecular weight excluding hydrogens is 322 g/mol. The van der Waals surface area contributed by atoms with E-state index in [-0.39, 0.29) is 0 Å². The van der Waals surface area contributed by atoms with Gasteiger partial charge in [0.15, 0.2) is 23.0 Å². The molecule has 0 saturated carbocycles. The van der Waals surface area contributed by atoms with Crippen LogP contribution in [0, 0.1) is 0 Å². The van der Waals surface area contributed by atoms with Gasteiger partial charge in [-0.25, -0.2) is 0 Å². The lowest BCUT2D eigenvalue weighted by Crippen LogP contribution is -2.16. The smallest absolute Gasteiger partial charge is 0.161 e. The van der Waals surface area contributed by atoms with Gasteiger partial charge in [-0.3, -0.25) is 4.99 Å². The topological polar surface area (TPSA) is 69.5 Å². The van der Waals surface area contributed by atoms with Crippen molar-refractivity contribution in [3.8, 4) is 23.0 Å². The molecule has 0 saturated heterocycles. The molecule has 2 atom stereocenters. The van der Waals surface area contributed by atoms with E-state index in [4.69, 9.17) is 18.9 Å². The Hall–Kier alpha value is -2.73. The first-order chi connectivity index (χ1) is 12.1. The van der Waals surface area contributed by atoms with Crippen LogP contribution in [0.1, 0.15) is 28.8 Å². The van der Waals surface area contributed by atoms with Gasteiger partial charge in [-0.2, -0.15) is 0 Å². The predicted molar refractivity (Wildman–Crippen MR) is 94.4 cm³/mol. The Morgan fingerprint density at radius 2 is 1.40 bits per heavy atom. The Bertz CT molecular complexity index is 803. The summed E-state index contributed by atoms with van der Waals surface area (Å²) in [7, 11) is 6.31. The summed E-state index contributed by atoms with van der Waals surface area (Å²) in [5, 5.41) is 10.9. The van der Waals surface area contributed by atoms with E-state index in [1.54, 1.807) is 46.8 Å². The van der Waals surface area contributed by atoms with Gasteiger partial charge < -0.3 is 24.1 Å². The summed E-state index contributed by atoms with van der Waals surface area (Å²) in [6, 6.07) is 8.67. The van der Waals surface area contributed by atoms with E-state index in [0.29, 0.717) is 23.0 Å².